The zero-order chi connectivity index (χ0) is 38.4. The first kappa shape index (κ1) is 68.8. The van der Waals surface area contributed by atoms with Crippen molar-refractivity contribution in [2.75, 3.05) is 132 Å². The third-order valence-electron chi connectivity index (χ3n) is 2.91. The molecule has 0 aliphatic carbocycles. The van der Waals surface area contributed by atoms with E-state index in [1.807, 2.05) is 105 Å². The summed E-state index contributed by atoms with van der Waals surface area (Å²) in [4.78, 5) is 2.38. The summed E-state index contributed by atoms with van der Waals surface area (Å²) in [5.74, 6) is 17.9. The fourth-order valence-electron chi connectivity index (χ4n) is 2.16. The predicted molar refractivity (Wildman–Crippen MR) is 216 cm³/mol. The Bertz CT molecular complexity index is 425. The minimum absolute atomic E-state index is 0. The van der Waals surface area contributed by atoms with Gasteiger partial charge in [-0.1, -0.05) is 28.2 Å². The van der Waals surface area contributed by atoms with Crippen LogP contribution in [0.25, 0.3) is 0 Å². The molecule has 0 heterocycles. The lowest BCUT2D eigenvalue weighted by molar-refractivity contribution is 0.229. The van der Waals surface area contributed by atoms with Gasteiger partial charge in [-0.15, -0.1) is 44.3 Å². The van der Waals surface area contributed by atoms with Crippen LogP contribution in [0.4, 0.5) is 0 Å². The van der Waals surface area contributed by atoms with Crippen LogP contribution in [-0.2, 0) is 0 Å². The summed E-state index contributed by atoms with van der Waals surface area (Å²) in [6.45, 7) is 10.1. The van der Waals surface area contributed by atoms with Crippen molar-refractivity contribution in [2.24, 2.45) is 23.4 Å². The maximum atomic E-state index is 4.97. The average molecular weight is 794 g/mol. The molecule has 0 aromatic carbocycles. The minimum Gasteiger partial charge on any atom is -0.323 e. The van der Waals surface area contributed by atoms with Crippen LogP contribution < -0.4 is 54.4 Å². The normalized spacial score (nSPS) is 10.3. The molecule has 14 N–H and O–H groups in total. The molecule has 0 spiro atoms. The zero-order valence-electron chi connectivity index (χ0n) is 32.1. The molecule has 17 nitrogen and oxygen atoms in total. The lowest BCUT2D eigenvalue weighted by Crippen LogP contribution is -2.87. The van der Waals surface area contributed by atoms with Crippen LogP contribution in [0.1, 0.15) is 28.2 Å². The van der Waals surface area contributed by atoms with Gasteiger partial charge in [0.1, 0.15) is 0 Å². The predicted octanol–water partition coefficient (Wildman–Crippen LogP) is -0.618. The molecule has 294 valence electrons. The van der Waals surface area contributed by atoms with Gasteiger partial charge in [0.2, 0.25) is 0 Å². The van der Waals surface area contributed by atoms with E-state index in [1.54, 1.807) is 28.2 Å². The van der Waals surface area contributed by atoms with Gasteiger partial charge in [0.25, 0.3) is 0 Å². The zero-order valence-corrected chi connectivity index (χ0v) is 37.1. The van der Waals surface area contributed by atoms with Crippen molar-refractivity contribution >= 4 is 58.3 Å². The number of hydrazine groups is 7. The van der Waals surface area contributed by atoms with Gasteiger partial charge in [0, 0.05) is 84.6 Å². The lowest BCUT2D eigenvalue weighted by Gasteiger charge is -2.40. The Morgan fingerprint density at radius 1 is 0.478 bits per heavy atom. The second-order valence-corrected chi connectivity index (χ2v) is 23.3. The summed E-state index contributed by atoms with van der Waals surface area (Å²) in [6, 6.07) is 0. The molecule has 23 heteroatoms. The molecule has 0 aromatic rings. The van der Waals surface area contributed by atoms with Crippen LogP contribution in [0.3, 0.4) is 0 Å². The number of hydrogen-bond acceptors (Lipinski definition) is 17. The Morgan fingerprint density at radius 2 is 0.587 bits per heavy atom. The molecule has 0 saturated heterocycles. The lowest BCUT2D eigenvalue weighted by atomic mass is 10.5. The van der Waals surface area contributed by atoms with Gasteiger partial charge in [0.05, 0.1) is 0 Å². The highest BCUT2D eigenvalue weighted by Gasteiger charge is 2.38. The highest BCUT2D eigenvalue weighted by atomic mass is 36.0. The number of nitrogens with zero attached hydrogens (tertiary/aromatic N) is 7. The third kappa shape index (κ3) is 120. The summed E-state index contributed by atoms with van der Waals surface area (Å²) < 4.78 is 0. The Balaban J connectivity index is -0.0000000561. The molecule has 0 aliphatic heterocycles. The Kier molecular flexibility index (Phi) is 75.2. The smallest absolute Gasteiger partial charge is 0.323 e. The second-order valence-electron chi connectivity index (χ2n) is 9.75. The molecule has 0 amide bonds. The van der Waals surface area contributed by atoms with Gasteiger partial charge < -0.3 is 15.5 Å². The first-order valence-electron chi connectivity index (χ1n) is 13.9. The van der Waals surface area contributed by atoms with Crippen LogP contribution in [-0.4, -0.2) is 181 Å². The highest BCUT2D eigenvalue weighted by molar-refractivity contribution is 7.81. The first-order valence-corrected chi connectivity index (χ1v) is 22.0. The van der Waals surface area contributed by atoms with Crippen molar-refractivity contribution in [3.05, 3.63) is 0 Å². The quantitative estimate of drug-likeness (QED) is 0.0550. The Hall–Kier alpha value is 0.914. The molecular weight excluding hydrogens is 712 g/mol. The number of nitrogens with one attached hydrogen (secondary N) is 6. The van der Waals surface area contributed by atoms with Crippen LogP contribution in [0.15, 0.2) is 0 Å². The SMILES string of the molecule is C.CCN(CC)CC.CN(C)N.CN(C)N.CN(C)N[Si](NN(C)C)(NN(C)C)NN(C)C.CNC.CNC.Cl[Si](Cl)(Cl)Cl.NN. The van der Waals surface area contributed by atoms with Crippen molar-refractivity contribution in [1.82, 2.24) is 66.0 Å². The van der Waals surface area contributed by atoms with Gasteiger partial charge in [-0.05, 0) is 47.8 Å². The Morgan fingerprint density at radius 3 is 0.630 bits per heavy atom. The molecule has 0 rings (SSSR count). The van der Waals surface area contributed by atoms with E-state index in [-0.39, 0.29) is 7.43 Å². The molecule has 0 saturated carbocycles. The van der Waals surface area contributed by atoms with Crippen molar-refractivity contribution in [3.63, 3.8) is 0 Å². The monoisotopic (exact) mass is 792 g/mol. The first-order chi connectivity index (χ1) is 20.3. The summed E-state index contributed by atoms with van der Waals surface area (Å²) in [6.07, 6.45) is 0. The summed E-state index contributed by atoms with van der Waals surface area (Å²) >= 11 is 19.9. The third-order valence-corrected chi connectivity index (χ3v) is 6.04. The van der Waals surface area contributed by atoms with E-state index in [4.69, 9.17) is 56.0 Å². The van der Waals surface area contributed by atoms with Gasteiger partial charge in [-0.2, -0.15) is 0 Å². The fraction of sp³-hybridized carbons (Fsp3) is 1.00. The topological polar surface area (TPSA) is 199 Å². The van der Waals surface area contributed by atoms with E-state index in [1.165, 1.54) is 29.7 Å². The molecular formula is C23H81Cl4N17Si2. The summed E-state index contributed by atoms with van der Waals surface area (Å²) in [5, 5.41) is 27.1. The van der Waals surface area contributed by atoms with Crippen LogP contribution in [0.5, 0.6) is 0 Å². The molecule has 0 atom stereocenters. The largest absolute Gasteiger partial charge is 0.440 e. The highest BCUT2D eigenvalue weighted by Crippen LogP contribution is 2.23. The standard InChI is InChI=1S/C8H28N8Si.C6H15N.2C2H8N2.2C2H7N.CH4.Cl4Si.H4N2/c1-13(2)9-17(10-14(3)4,11-15(5)6)12-16(7)8;1-4-7(5-2)6-3;2*1-4(2)3;2*1-3-2;;1-5(2,3)4;1-2/h9-12H,1-8H3;4-6H2,1-3H3;2*3H2,1-2H3;2*3H,1-2H3;1H4;;1-2H2. The molecule has 0 aromatic heterocycles. The Labute approximate surface area is 307 Å². The van der Waals surface area contributed by atoms with Crippen LogP contribution >= 0.6 is 44.3 Å². The molecule has 0 aliphatic rings. The number of halogens is 4. The second kappa shape index (κ2) is 50.3. The molecule has 0 unspecified atom stereocenters. The maximum Gasteiger partial charge on any atom is 0.440 e. The molecule has 0 bridgehead atoms. The van der Waals surface area contributed by atoms with Crippen molar-refractivity contribution in [2.45, 2.75) is 28.2 Å². The fourth-order valence-corrected chi connectivity index (χ4v) is 5.15. The summed E-state index contributed by atoms with van der Waals surface area (Å²) in [5.41, 5.74) is 0. The van der Waals surface area contributed by atoms with E-state index in [0.717, 1.165) is 0 Å². The van der Waals surface area contributed by atoms with Crippen LogP contribution in [0, 0.1) is 0 Å². The van der Waals surface area contributed by atoms with Crippen LogP contribution in [0.2, 0.25) is 0 Å². The van der Waals surface area contributed by atoms with Gasteiger partial charge in [0.15, 0.2) is 0 Å². The van der Waals surface area contributed by atoms with Crippen molar-refractivity contribution < 1.29 is 0 Å². The van der Waals surface area contributed by atoms with Crippen molar-refractivity contribution in [1.29, 1.82) is 0 Å². The van der Waals surface area contributed by atoms with Crippen molar-refractivity contribution in [3.8, 4) is 0 Å². The minimum atomic E-state index is -2.72. The van der Waals surface area contributed by atoms with E-state index >= 15 is 0 Å². The van der Waals surface area contributed by atoms with Gasteiger partial charge in [-0.3, -0.25) is 53.4 Å². The number of nitrogens with two attached hydrogens (primary N) is 4. The average Bonchev–Trinajstić information content (AvgIpc) is 2.79. The number of rotatable bonds is 11. The number of hydrogen-bond donors (Lipinski definition) is 10. The van der Waals surface area contributed by atoms with Gasteiger partial charge >= 0.3 is 14.0 Å². The van der Waals surface area contributed by atoms with E-state index in [2.05, 4.69) is 68.4 Å². The molecule has 46 heavy (non-hydrogen) atoms. The maximum absolute atomic E-state index is 4.97. The van der Waals surface area contributed by atoms with E-state index in [0.29, 0.717) is 0 Å². The molecule has 0 radical (unpaired) electrons. The van der Waals surface area contributed by atoms with E-state index < -0.39 is 14.0 Å². The van der Waals surface area contributed by atoms with Gasteiger partial charge in [-0.25, -0.2) is 20.4 Å². The summed E-state index contributed by atoms with van der Waals surface area (Å²) in [7, 11) is 28.0. The van der Waals surface area contributed by atoms with E-state index in [9.17, 15) is 0 Å². The molecule has 0 fully saturated rings.